The van der Waals surface area contributed by atoms with E-state index in [0.29, 0.717) is 28.8 Å². The molecule has 0 amide bonds. The molecule has 1 aliphatic heterocycles. The number of nitro groups is 1. The second-order valence-corrected chi connectivity index (χ2v) is 4.83. The Hall–Kier alpha value is -2.47. The van der Waals surface area contributed by atoms with Gasteiger partial charge in [-0.15, -0.1) is 0 Å². The van der Waals surface area contributed by atoms with E-state index in [2.05, 4.69) is 5.32 Å². The van der Waals surface area contributed by atoms with Crippen LogP contribution in [0.1, 0.15) is 5.56 Å². The number of nitro benzene ring substituents is 1. The molecule has 0 saturated heterocycles. The third-order valence-electron chi connectivity index (χ3n) is 3.11. The number of nitrogens with one attached hydrogen (secondary N) is 1. The molecule has 2 aromatic carbocycles. The quantitative estimate of drug-likeness (QED) is 0.690. The highest BCUT2D eigenvalue weighted by Crippen LogP contribution is 2.36. The van der Waals surface area contributed by atoms with Crippen LogP contribution in [0.4, 0.5) is 11.4 Å². The lowest BCUT2D eigenvalue weighted by molar-refractivity contribution is -0.384. The van der Waals surface area contributed by atoms with Gasteiger partial charge in [0.1, 0.15) is 0 Å². The molecule has 0 spiro atoms. The van der Waals surface area contributed by atoms with E-state index in [1.807, 2.05) is 18.2 Å². The van der Waals surface area contributed by atoms with Gasteiger partial charge in [0, 0.05) is 24.2 Å². The van der Waals surface area contributed by atoms with Crippen molar-refractivity contribution >= 4 is 23.0 Å². The SMILES string of the molecule is O=[N+]([O-])c1ccc(NCc2cccc3c2OCO3)c(Cl)c1. The van der Waals surface area contributed by atoms with Crippen molar-refractivity contribution in [1.82, 2.24) is 0 Å². The number of hydrogen-bond donors (Lipinski definition) is 1. The minimum atomic E-state index is -0.481. The number of fused-ring (bicyclic) bond motifs is 1. The Morgan fingerprint density at radius 1 is 1.29 bits per heavy atom. The van der Waals surface area contributed by atoms with Gasteiger partial charge in [-0.05, 0) is 12.1 Å². The molecule has 1 N–H and O–H groups in total. The number of hydrogen-bond acceptors (Lipinski definition) is 5. The van der Waals surface area contributed by atoms with E-state index in [1.165, 1.54) is 12.1 Å². The number of nitrogens with zero attached hydrogens (tertiary/aromatic N) is 1. The first-order valence-corrected chi connectivity index (χ1v) is 6.58. The van der Waals surface area contributed by atoms with E-state index in [1.54, 1.807) is 6.07 Å². The molecule has 0 unspecified atom stereocenters. The van der Waals surface area contributed by atoms with E-state index in [4.69, 9.17) is 21.1 Å². The normalized spacial score (nSPS) is 12.2. The van der Waals surface area contributed by atoms with E-state index in [0.717, 1.165) is 5.56 Å². The summed E-state index contributed by atoms with van der Waals surface area (Å²) in [6.45, 7) is 0.689. The van der Waals surface area contributed by atoms with Crippen molar-refractivity contribution in [3.63, 3.8) is 0 Å². The van der Waals surface area contributed by atoms with Gasteiger partial charge in [0.2, 0.25) is 6.79 Å². The first kappa shape index (κ1) is 13.5. The highest BCUT2D eigenvalue weighted by molar-refractivity contribution is 6.33. The second-order valence-electron chi connectivity index (χ2n) is 4.43. The number of halogens is 1. The van der Waals surface area contributed by atoms with Crippen molar-refractivity contribution in [1.29, 1.82) is 0 Å². The number of benzene rings is 2. The lowest BCUT2D eigenvalue weighted by atomic mass is 10.2. The third-order valence-corrected chi connectivity index (χ3v) is 3.42. The average Bonchev–Trinajstić information content (AvgIpc) is 2.94. The fourth-order valence-corrected chi connectivity index (χ4v) is 2.32. The van der Waals surface area contributed by atoms with E-state index in [9.17, 15) is 10.1 Å². The molecule has 0 saturated carbocycles. The standard InChI is InChI=1S/C14H11ClN2O4/c15-11-6-10(17(18)19)4-5-12(11)16-7-9-2-1-3-13-14(9)21-8-20-13/h1-6,16H,7-8H2. The highest BCUT2D eigenvalue weighted by Gasteiger charge is 2.17. The molecular formula is C14H11ClN2O4. The Kier molecular flexibility index (Phi) is 3.53. The van der Waals surface area contributed by atoms with Crippen LogP contribution in [0.2, 0.25) is 5.02 Å². The van der Waals surface area contributed by atoms with Crippen LogP contribution in [0.15, 0.2) is 36.4 Å². The number of ether oxygens (including phenoxy) is 2. The second kappa shape index (κ2) is 5.49. The fraction of sp³-hybridized carbons (Fsp3) is 0.143. The van der Waals surface area contributed by atoms with Crippen LogP contribution in [0.3, 0.4) is 0 Å². The summed E-state index contributed by atoms with van der Waals surface area (Å²) in [6, 6.07) is 9.94. The summed E-state index contributed by atoms with van der Waals surface area (Å²) in [5.41, 5.74) is 1.51. The van der Waals surface area contributed by atoms with E-state index < -0.39 is 4.92 Å². The van der Waals surface area contributed by atoms with Crippen molar-refractivity contribution in [3.05, 3.63) is 57.1 Å². The minimum absolute atomic E-state index is 0.0390. The van der Waals surface area contributed by atoms with Crippen molar-refractivity contribution in [2.75, 3.05) is 12.1 Å². The average molecular weight is 307 g/mol. The van der Waals surface area contributed by atoms with Crippen LogP contribution in [-0.4, -0.2) is 11.7 Å². The summed E-state index contributed by atoms with van der Waals surface area (Å²) in [5, 5.41) is 14.1. The van der Waals surface area contributed by atoms with Gasteiger partial charge in [0.15, 0.2) is 11.5 Å². The summed E-state index contributed by atoms with van der Waals surface area (Å²) in [4.78, 5) is 10.2. The number of para-hydroxylation sites is 1. The van der Waals surface area contributed by atoms with Crippen molar-refractivity contribution in [3.8, 4) is 11.5 Å². The number of anilines is 1. The van der Waals surface area contributed by atoms with E-state index >= 15 is 0 Å². The maximum absolute atomic E-state index is 10.7. The molecule has 0 fully saturated rings. The fourth-order valence-electron chi connectivity index (χ4n) is 2.08. The van der Waals surface area contributed by atoms with Gasteiger partial charge >= 0.3 is 0 Å². The highest BCUT2D eigenvalue weighted by atomic mass is 35.5. The van der Waals surface area contributed by atoms with Crippen molar-refractivity contribution in [2.45, 2.75) is 6.54 Å². The molecule has 21 heavy (non-hydrogen) atoms. The molecule has 3 rings (SSSR count). The predicted octanol–water partition coefficient (Wildman–Crippen LogP) is 3.59. The monoisotopic (exact) mass is 306 g/mol. The molecule has 0 radical (unpaired) electrons. The van der Waals surface area contributed by atoms with Crippen LogP contribution in [0, 0.1) is 10.1 Å². The van der Waals surface area contributed by atoms with Gasteiger partial charge in [-0.3, -0.25) is 10.1 Å². The zero-order valence-corrected chi connectivity index (χ0v) is 11.6. The first-order valence-electron chi connectivity index (χ1n) is 6.20. The summed E-state index contributed by atoms with van der Waals surface area (Å²) < 4.78 is 10.7. The molecule has 0 aliphatic carbocycles. The van der Waals surface area contributed by atoms with Gasteiger partial charge in [-0.1, -0.05) is 23.7 Å². The molecule has 108 valence electrons. The Labute approximate surface area is 125 Å². The first-order chi connectivity index (χ1) is 10.1. The Bertz CT molecular complexity index is 705. The largest absolute Gasteiger partial charge is 0.454 e. The van der Waals surface area contributed by atoms with Crippen molar-refractivity contribution in [2.24, 2.45) is 0 Å². The van der Waals surface area contributed by atoms with Crippen LogP contribution >= 0.6 is 11.6 Å². The van der Waals surface area contributed by atoms with Crippen LogP contribution < -0.4 is 14.8 Å². The summed E-state index contributed by atoms with van der Waals surface area (Å²) >= 11 is 6.03. The molecular weight excluding hydrogens is 296 g/mol. The van der Waals surface area contributed by atoms with Gasteiger partial charge in [-0.2, -0.15) is 0 Å². The predicted molar refractivity (Wildman–Crippen MR) is 78.0 cm³/mol. The molecule has 1 heterocycles. The maximum Gasteiger partial charge on any atom is 0.271 e. The topological polar surface area (TPSA) is 73.6 Å². The summed E-state index contributed by atoms with van der Waals surface area (Å²) in [6.07, 6.45) is 0. The third kappa shape index (κ3) is 2.71. The maximum atomic E-state index is 10.7. The number of rotatable bonds is 4. The molecule has 7 heteroatoms. The zero-order chi connectivity index (χ0) is 14.8. The lowest BCUT2D eigenvalue weighted by Crippen LogP contribution is -2.02. The molecule has 0 aromatic heterocycles. The van der Waals surface area contributed by atoms with Crippen LogP contribution in [-0.2, 0) is 6.54 Å². The smallest absolute Gasteiger partial charge is 0.271 e. The summed E-state index contributed by atoms with van der Waals surface area (Å²) in [7, 11) is 0. The summed E-state index contributed by atoms with van der Waals surface area (Å²) in [5.74, 6) is 1.42. The van der Waals surface area contributed by atoms with Crippen molar-refractivity contribution < 1.29 is 14.4 Å². The Balaban J connectivity index is 1.77. The lowest BCUT2D eigenvalue weighted by Gasteiger charge is -2.10. The molecule has 0 atom stereocenters. The van der Waals surface area contributed by atoms with Gasteiger partial charge in [-0.25, -0.2) is 0 Å². The Morgan fingerprint density at radius 3 is 2.90 bits per heavy atom. The van der Waals surface area contributed by atoms with Gasteiger partial charge in [0.05, 0.1) is 15.6 Å². The minimum Gasteiger partial charge on any atom is -0.454 e. The molecule has 0 bridgehead atoms. The van der Waals surface area contributed by atoms with Gasteiger partial charge in [0.25, 0.3) is 5.69 Å². The van der Waals surface area contributed by atoms with Gasteiger partial charge < -0.3 is 14.8 Å². The van der Waals surface area contributed by atoms with Crippen LogP contribution in [0.25, 0.3) is 0 Å². The molecule has 6 nitrogen and oxygen atoms in total. The zero-order valence-electron chi connectivity index (χ0n) is 10.8. The number of non-ortho nitro benzene ring substituents is 1. The van der Waals surface area contributed by atoms with Crippen LogP contribution in [0.5, 0.6) is 11.5 Å². The molecule has 1 aliphatic rings. The van der Waals surface area contributed by atoms with E-state index in [-0.39, 0.29) is 12.5 Å². The molecule has 2 aromatic rings. The Morgan fingerprint density at radius 2 is 2.14 bits per heavy atom.